The van der Waals surface area contributed by atoms with Gasteiger partial charge < -0.3 is 5.32 Å². The Morgan fingerprint density at radius 1 is 1.10 bits per heavy atom. The standard InChI is InChI=1S/C15H11ClN4O/c1-9-6-7-10(8-17-9)18-15(21)13-14(16)20-12-5-3-2-4-11(12)19-13/h2-8H,1H3,(H,18,21). The van der Waals surface area contributed by atoms with Crippen molar-refractivity contribution >= 4 is 34.2 Å². The van der Waals surface area contributed by atoms with E-state index >= 15 is 0 Å². The van der Waals surface area contributed by atoms with Crippen LogP contribution in [0.2, 0.25) is 5.15 Å². The summed E-state index contributed by atoms with van der Waals surface area (Å²) < 4.78 is 0. The minimum atomic E-state index is -0.413. The molecule has 0 aliphatic heterocycles. The predicted octanol–water partition coefficient (Wildman–Crippen LogP) is 3.24. The zero-order chi connectivity index (χ0) is 14.8. The molecule has 0 fully saturated rings. The van der Waals surface area contributed by atoms with E-state index < -0.39 is 5.91 Å². The first kappa shape index (κ1) is 13.5. The number of nitrogens with one attached hydrogen (secondary N) is 1. The van der Waals surface area contributed by atoms with Crippen LogP contribution in [-0.2, 0) is 0 Å². The van der Waals surface area contributed by atoms with E-state index in [4.69, 9.17) is 11.6 Å². The first-order valence-corrected chi connectivity index (χ1v) is 6.67. The fourth-order valence-electron chi connectivity index (χ4n) is 1.86. The summed E-state index contributed by atoms with van der Waals surface area (Å²) in [7, 11) is 0. The molecular weight excluding hydrogens is 288 g/mol. The third-order valence-corrected chi connectivity index (χ3v) is 3.18. The average molecular weight is 299 g/mol. The number of amides is 1. The predicted molar refractivity (Wildman–Crippen MR) is 81.5 cm³/mol. The van der Waals surface area contributed by atoms with E-state index in [1.807, 2.05) is 25.1 Å². The van der Waals surface area contributed by atoms with Gasteiger partial charge in [-0.05, 0) is 31.2 Å². The second kappa shape index (κ2) is 5.46. The minimum Gasteiger partial charge on any atom is -0.319 e. The molecule has 2 aromatic heterocycles. The van der Waals surface area contributed by atoms with E-state index in [0.717, 1.165) is 5.69 Å². The minimum absolute atomic E-state index is 0.0753. The third kappa shape index (κ3) is 2.83. The van der Waals surface area contributed by atoms with Gasteiger partial charge in [0.15, 0.2) is 10.8 Å². The lowest BCUT2D eigenvalue weighted by molar-refractivity contribution is 0.102. The van der Waals surface area contributed by atoms with Gasteiger partial charge in [0, 0.05) is 5.69 Å². The highest BCUT2D eigenvalue weighted by atomic mass is 35.5. The van der Waals surface area contributed by atoms with Gasteiger partial charge in [0.05, 0.1) is 22.9 Å². The van der Waals surface area contributed by atoms with Crippen LogP contribution in [0.1, 0.15) is 16.2 Å². The largest absolute Gasteiger partial charge is 0.319 e. The molecule has 0 unspecified atom stereocenters. The number of pyridine rings is 1. The van der Waals surface area contributed by atoms with Crippen LogP contribution in [0.5, 0.6) is 0 Å². The number of fused-ring (bicyclic) bond motifs is 1. The Morgan fingerprint density at radius 2 is 1.81 bits per heavy atom. The van der Waals surface area contributed by atoms with Crippen LogP contribution in [0.3, 0.4) is 0 Å². The Hall–Kier alpha value is -2.53. The monoisotopic (exact) mass is 298 g/mol. The molecule has 0 bridgehead atoms. The smallest absolute Gasteiger partial charge is 0.277 e. The summed E-state index contributed by atoms with van der Waals surface area (Å²) in [4.78, 5) is 24.8. The molecule has 0 radical (unpaired) electrons. The summed E-state index contributed by atoms with van der Waals surface area (Å²) in [6.07, 6.45) is 1.58. The maximum absolute atomic E-state index is 12.2. The van der Waals surface area contributed by atoms with Crippen molar-refractivity contribution in [3.63, 3.8) is 0 Å². The molecule has 1 aromatic carbocycles. The molecular formula is C15H11ClN4O. The normalized spacial score (nSPS) is 10.6. The number of rotatable bonds is 2. The molecule has 0 atom stereocenters. The summed E-state index contributed by atoms with van der Waals surface area (Å²) in [5.41, 5.74) is 2.81. The van der Waals surface area contributed by atoms with Crippen molar-refractivity contribution in [3.05, 3.63) is 59.1 Å². The Morgan fingerprint density at radius 3 is 2.48 bits per heavy atom. The maximum Gasteiger partial charge on any atom is 0.277 e. The van der Waals surface area contributed by atoms with Gasteiger partial charge in [-0.15, -0.1) is 0 Å². The highest BCUT2D eigenvalue weighted by Crippen LogP contribution is 2.18. The zero-order valence-corrected chi connectivity index (χ0v) is 11.9. The number of halogens is 1. The fourth-order valence-corrected chi connectivity index (χ4v) is 2.07. The van der Waals surface area contributed by atoms with Crippen molar-refractivity contribution in [3.8, 4) is 0 Å². The SMILES string of the molecule is Cc1ccc(NC(=O)c2nc3ccccc3nc2Cl)cn1. The number of nitrogens with zero attached hydrogens (tertiary/aromatic N) is 3. The quantitative estimate of drug-likeness (QED) is 0.788. The zero-order valence-electron chi connectivity index (χ0n) is 11.2. The molecule has 5 nitrogen and oxygen atoms in total. The first-order valence-electron chi connectivity index (χ1n) is 6.30. The molecule has 2 heterocycles. The van der Waals surface area contributed by atoms with E-state index in [1.165, 1.54) is 0 Å². The van der Waals surface area contributed by atoms with Gasteiger partial charge in [0.25, 0.3) is 5.91 Å². The summed E-state index contributed by atoms with van der Waals surface area (Å²) >= 11 is 6.04. The van der Waals surface area contributed by atoms with Gasteiger partial charge in [0.1, 0.15) is 0 Å². The molecule has 0 saturated carbocycles. The first-order chi connectivity index (χ1) is 10.1. The van der Waals surface area contributed by atoms with E-state index in [2.05, 4.69) is 20.3 Å². The molecule has 3 rings (SSSR count). The van der Waals surface area contributed by atoms with Crippen LogP contribution in [0.15, 0.2) is 42.6 Å². The number of carbonyl (C=O) groups excluding carboxylic acids is 1. The van der Waals surface area contributed by atoms with Gasteiger partial charge in [-0.25, -0.2) is 9.97 Å². The lowest BCUT2D eigenvalue weighted by Crippen LogP contribution is -2.15. The van der Waals surface area contributed by atoms with Crippen molar-refractivity contribution < 1.29 is 4.79 Å². The van der Waals surface area contributed by atoms with E-state index in [-0.39, 0.29) is 10.8 Å². The van der Waals surface area contributed by atoms with E-state index in [0.29, 0.717) is 16.7 Å². The van der Waals surface area contributed by atoms with Crippen LogP contribution >= 0.6 is 11.6 Å². The number of carbonyl (C=O) groups is 1. The Kier molecular flexibility index (Phi) is 3.50. The van der Waals surface area contributed by atoms with Crippen molar-refractivity contribution in [1.29, 1.82) is 0 Å². The number of hydrogen-bond acceptors (Lipinski definition) is 4. The van der Waals surface area contributed by atoms with Crippen molar-refractivity contribution in [1.82, 2.24) is 15.0 Å². The number of anilines is 1. The number of para-hydroxylation sites is 2. The van der Waals surface area contributed by atoms with E-state index in [1.54, 1.807) is 24.4 Å². The summed E-state index contributed by atoms with van der Waals surface area (Å²) in [5, 5.41) is 2.78. The molecule has 0 aliphatic rings. The number of aryl methyl sites for hydroxylation is 1. The average Bonchev–Trinajstić information content (AvgIpc) is 2.49. The second-order valence-corrected chi connectivity index (χ2v) is 4.85. The number of aromatic nitrogens is 3. The Balaban J connectivity index is 1.93. The maximum atomic E-state index is 12.2. The third-order valence-electron chi connectivity index (χ3n) is 2.91. The van der Waals surface area contributed by atoms with Gasteiger partial charge in [0.2, 0.25) is 0 Å². The van der Waals surface area contributed by atoms with Crippen molar-refractivity contribution in [2.45, 2.75) is 6.92 Å². The summed E-state index contributed by atoms with van der Waals surface area (Å²) in [6, 6.07) is 10.8. The van der Waals surface area contributed by atoms with Crippen molar-refractivity contribution in [2.24, 2.45) is 0 Å². The lowest BCUT2D eigenvalue weighted by Gasteiger charge is -2.06. The van der Waals surface area contributed by atoms with Crippen LogP contribution in [0.25, 0.3) is 11.0 Å². The van der Waals surface area contributed by atoms with Crippen molar-refractivity contribution in [2.75, 3.05) is 5.32 Å². The Labute approximate surface area is 126 Å². The molecule has 1 amide bonds. The van der Waals surface area contributed by atoms with Gasteiger partial charge in [-0.2, -0.15) is 0 Å². The number of hydrogen-bond donors (Lipinski definition) is 1. The van der Waals surface area contributed by atoms with Gasteiger partial charge in [-0.3, -0.25) is 9.78 Å². The van der Waals surface area contributed by atoms with E-state index in [9.17, 15) is 4.79 Å². The molecule has 21 heavy (non-hydrogen) atoms. The Bertz CT molecular complexity index is 818. The number of benzene rings is 1. The lowest BCUT2D eigenvalue weighted by atomic mass is 10.3. The van der Waals surface area contributed by atoms with Crippen LogP contribution < -0.4 is 5.32 Å². The van der Waals surface area contributed by atoms with Crippen LogP contribution in [0.4, 0.5) is 5.69 Å². The molecule has 104 valence electrons. The summed E-state index contributed by atoms with van der Waals surface area (Å²) in [5.74, 6) is -0.413. The molecule has 0 saturated heterocycles. The highest BCUT2D eigenvalue weighted by Gasteiger charge is 2.15. The van der Waals surface area contributed by atoms with Gasteiger partial charge in [-0.1, -0.05) is 23.7 Å². The van der Waals surface area contributed by atoms with Gasteiger partial charge >= 0.3 is 0 Å². The van der Waals surface area contributed by atoms with Crippen LogP contribution in [0, 0.1) is 6.92 Å². The fraction of sp³-hybridized carbons (Fsp3) is 0.0667. The second-order valence-electron chi connectivity index (χ2n) is 4.49. The molecule has 1 N–H and O–H groups in total. The highest BCUT2D eigenvalue weighted by molar-refractivity contribution is 6.33. The summed E-state index contributed by atoms with van der Waals surface area (Å²) in [6.45, 7) is 1.87. The molecule has 6 heteroatoms. The van der Waals surface area contributed by atoms with Crippen LogP contribution in [-0.4, -0.2) is 20.9 Å². The molecule has 3 aromatic rings. The molecule has 0 aliphatic carbocycles. The molecule has 0 spiro atoms. The topological polar surface area (TPSA) is 67.8 Å².